The predicted octanol–water partition coefficient (Wildman–Crippen LogP) is 4.29. The third-order valence-corrected chi connectivity index (χ3v) is 8.51. The van der Waals surface area contributed by atoms with Crippen LogP contribution in [0.15, 0.2) is 89.8 Å². The highest BCUT2D eigenvalue weighted by atomic mass is 32.2. The summed E-state index contributed by atoms with van der Waals surface area (Å²) in [6.07, 6.45) is 0. The number of amides is 1. The van der Waals surface area contributed by atoms with Crippen LogP contribution in [-0.2, 0) is 14.8 Å². The van der Waals surface area contributed by atoms with Crippen LogP contribution in [0.25, 0.3) is 11.1 Å². The number of hydrogen-bond donors (Lipinski definition) is 1. The Balaban J connectivity index is 1.51. The lowest BCUT2D eigenvalue weighted by Crippen LogP contribution is -2.45. The molecule has 0 radical (unpaired) electrons. The SMILES string of the molecule is C[C@H](NC(=O)C1SCCN1S(=O)(=O)c1ccc(-c2ccccc2)cc1)c1ccccc1. The maximum Gasteiger partial charge on any atom is 0.249 e. The van der Waals surface area contributed by atoms with Crippen molar-refractivity contribution in [2.45, 2.75) is 23.2 Å². The third-order valence-electron chi connectivity index (χ3n) is 5.30. The first-order valence-electron chi connectivity index (χ1n) is 10.1. The van der Waals surface area contributed by atoms with Crippen LogP contribution in [0.1, 0.15) is 18.5 Å². The summed E-state index contributed by atoms with van der Waals surface area (Å²) < 4.78 is 27.9. The zero-order valence-corrected chi connectivity index (χ0v) is 18.8. The lowest BCUT2D eigenvalue weighted by molar-refractivity contribution is -0.122. The van der Waals surface area contributed by atoms with Gasteiger partial charge >= 0.3 is 0 Å². The summed E-state index contributed by atoms with van der Waals surface area (Å²) in [4.78, 5) is 13.1. The van der Waals surface area contributed by atoms with E-state index in [1.54, 1.807) is 24.3 Å². The highest BCUT2D eigenvalue weighted by molar-refractivity contribution is 8.02. The molecule has 1 unspecified atom stereocenters. The predicted molar refractivity (Wildman–Crippen MR) is 125 cm³/mol. The first kappa shape index (κ1) is 21.6. The monoisotopic (exact) mass is 452 g/mol. The fourth-order valence-electron chi connectivity index (χ4n) is 3.60. The van der Waals surface area contributed by atoms with E-state index in [-0.39, 0.29) is 16.8 Å². The van der Waals surface area contributed by atoms with Crippen molar-refractivity contribution in [1.29, 1.82) is 0 Å². The van der Waals surface area contributed by atoms with E-state index in [2.05, 4.69) is 5.32 Å². The summed E-state index contributed by atoms with van der Waals surface area (Å²) >= 11 is 1.35. The van der Waals surface area contributed by atoms with Crippen LogP contribution in [0.4, 0.5) is 0 Å². The number of rotatable bonds is 6. The zero-order valence-electron chi connectivity index (χ0n) is 17.1. The van der Waals surface area contributed by atoms with E-state index in [1.807, 2.05) is 67.6 Å². The number of carbonyl (C=O) groups is 1. The van der Waals surface area contributed by atoms with Crippen molar-refractivity contribution in [1.82, 2.24) is 9.62 Å². The van der Waals surface area contributed by atoms with E-state index in [4.69, 9.17) is 0 Å². The molecule has 3 aromatic carbocycles. The molecule has 2 atom stereocenters. The second-order valence-corrected chi connectivity index (χ2v) is 10.4. The van der Waals surface area contributed by atoms with E-state index in [0.29, 0.717) is 12.3 Å². The summed E-state index contributed by atoms with van der Waals surface area (Å²) in [6, 6.07) is 26.1. The van der Waals surface area contributed by atoms with Crippen LogP contribution in [0.3, 0.4) is 0 Å². The molecular formula is C24H24N2O3S2. The van der Waals surface area contributed by atoms with Gasteiger partial charge < -0.3 is 5.32 Å². The summed E-state index contributed by atoms with van der Waals surface area (Å²) in [6.45, 7) is 2.21. The molecule has 1 fully saturated rings. The van der Waals surface area contributed by atoms with Crippen molar-refractivity contribution in [2.24, 2.45) is 0 Å². The van der Waals surface area contributed by atoms with Crippen molar-refractivity contribution in [2.75, 3.05) is 12.3 Å². The molecule has 0 bridgehead atoms. The quantitative estimate of drug-likeness (QED) is 0.606. The number of nitrogens with zero attached hydrogens (tertiary/aromatic N) is 1. The van der Waals surface area contributed by atoms with Crippen molar-refractivity contribution >= 4 is 27.7 Å². The summed E-state index contributed by atoms with van der Waals surface area (Å²) in [5.74, 6) is 0.294. The van der Waals surface area contributed by atoms with Gasteiger partial charge in [-0.1, -0.05) is 72.8 Å². The molecule has 0 aromatic heterocycles. The number of sulfonamides is 1. The second kappa shape index (κ2) is 9.26. The molecule has 160 valence electrons. The molecule has 31 heavy (non-hydrogen) atoms. The van der Waals surface area contributed by atoms with Gasteiger partial charge in [-0.3, -0.25) is 4.79 Å². The van der Waals surface area contributed by atoms with Gasteiger partial charge in [-0.05, 0) is 35.7 Å². The van der Waals surface area contributed by atoms with E-state index >= 15 is 0 Å². The fraction of sp³-hybridized carbons (Fsp3) is 0.208. The highest BCUT2D eigenvalue weighted by Crippen LogP contribution is 2.31. The van der Waals surface area contributed by atoms with Gasteiger partial charge in [0.25, 0.3) is 0 Å². The largest absolute Gasteiger partial charge is 0.347 e. The van der Waals surface area contributed by atoms with Gasteiger partial charge in [0, 0.05) is 12.3 Å². The number of benzene rings is 3. The minimum atomic E-state index is -3.78. The molecule has 1 heterocycles. The molecule has 1 saturated heterocycles. The number of carbonyl (C=O) groups excluding carboxylic acids is 1. The Morgan fingerprint density at radius 1 is 0.935 bits per heavy atom. The Hall–Kier alpha value is -2.61. The van der Waals surface area contributed by atoms with Crippen LogP contribution < -0.4 is 5.32 Å². The summed E-state index contributed by atoms with van der Waals surface area (Å²) in [5, 5.41) is 2.18. The molecule has 1 amide bonds. The van der Waals surface area contributed by atoms with E-state index in [0.717, 1.165) is 16.7 Å². The third kappa shape index (κ3) is 4.69. The van der Waals surface area contributed by atoms with Crippen molar-refractivity contribution in [3.63, 3.8) is 0 Å². The molecule has 5 nitrogen and oxygen atoms in total. The van der Waals surface area contributed by atoms with Gasteiger partial charge in [-0.15, -0.1) is 11.8 Å². The summed E-state index contributed by atoms with van der Waals surface area (Å²) in [7, 11) is -3.78. The molecule has 0 saturated carbocycles. The standard InChI is InChI=1S/C24H24N2O3S2/c1-18(19-8-4-2-5-9-19)25-23(27)24-26(16-17-30-24)31(28,29)22-14-12-21(13-15-22)20-10-6-3-7-11-20/h2-15,18,24H,16-17H2,1H3,(H,25,27)/t18-,24?/m0/s1. The zero-order chi connectivity index (χ0) is 21.8. The Bertz CT molecular complexity index is 1130. The van der Waals surface area contributed by atoms with Crippen LogP contribution >= 0.6 is 11.8 Å². The van der Waals surface area contributed by atoms with Crippen LogP contribution in [0, 0.1) is 0 Å². The lowest BCUT2D eigenvalue weighted by Gasteiger charge is -2.24. The van der Waals surface area contributed by atoms with Crippen LogP contribution in [-0.4, -0.2) is 36.3 Å². The number of hydrogen-bond acceptors (Lipinski definition) is 4. The number of thioether (sulfide) groups is 1. The molecule has 0 spiro atoms. The van der Waals surface area contributed by atoms with E-state index in [1.165, 1.54) is 16.1 Å². The number of nitrogens with one attached hydrogen (secondary N) is 1. The molecule has 1 aliphatic heterocycles. The van der Waals surface area contributed by atoms with Gasteiger partial charge in [-0.2, -0.15) is 4.31 Å². The lowest BCUT2D eigenvalue weighted by atomic mass is 10.1. The van der Waals surface area contributed by atoms with Crippen LogP contribution in [0.5, 0.6) is 0 Å². The van der Waals surface area contributed by atoms with Crippen molar-refractivity contribution in [3.8, 4) is 11.1 Å². The summed E-state index contributed by atoms with van der Waals surface area (Å²) in [5.41, 5.74) is 2.95. The smallest absolute Gasteiger partial charge is 0.249 e. The molecule has 7 heteroatoms. The average Bonchev–Trinajstić information content (AvgIpc) is 3.31. The van der Waals surface area contributed by atoms with E-state index < -0.39 is 15.4 Å². The average molecular weight is 453 g/mol. The topological polar surface area (TPSA) is 66.5 Å². The molecular weight excluding hydrogens is 428 g/mol. The molecule has 3 aromatic rings. The highest BCUT2D eigenvalue weighted by Gasteiger charge is 2.40. The van der Waals surface area contributed by atoms with E-state index in [9.17, 15) is 13.2 Å². The maximum atomic E-state index is 13.3. The van der Waals surface area contributed by atoms with Gasteiger partial charge in [-0.25, -0.2) is 8.42 Å². The molecule has 4 rings (SSSR count). The van der Waals surface area contributed by atoms with Gasteiger partial charge in [0.15, 0.2) is 0 Å². The van der Waals surface area contributed by atoms with Gasteiger partial charge in [0.2, 0.25) is 15.9 Å². The minimum Gasteiger partial charge on any atom is -0.347 e. The molecule has 1 N–H and O–H groups in total. The molecule has 0 aliphatic carbocycles. The Kier molecular flexibility index (Phi) is 6.46. The Morgan fingerprint density at radius 3 is 2.16 bits per heavy atom. The first-order chi connectivity index (χ1) is 15.0. The fourth-order valence-corrected chi connectivity index (χ4v) is 6.69. The van der Waals surface area contributed by atoms with Crippen LogP contribution in [0.2, 0.25) is 0 Å². The normalized spacial score (nSPS) is 17.9. The minimum absolute atomic E-state index is 0.198. The second-order valence-electron chi connectivity index (χ2n) is 7.37. The Morgan fingerprint density at radius 2 is 1.52 bits per heavy atom. The Labute approximate surface area is 187 Å². The van der Waals surface area contributed by atoms with Gasteiger partial charge in [0.05, 0.1) is 10.9 Å². The van der Waals surface area contributed by atoms with Crippen molar-refractivity contribution in [3.05, 3.63) is 90.5 Å². The van der Waals surface area contributed by atoms with Crippen molar-refractivity contribution < 1.29 is 13.2 Å². The maximum absolute atomic E-state index is 13.3. The molecule has 1 aliphatic rings. The van der Waals surface area contributed by atoms with Gasteiger partial charge in [0.1, 0.15) is 5.37 Å². The first-order valence-corrected chi connectivity index (χ1v) is 12.6.